The lowest BCUT2D eigenvalue weighted by Gasteiger charge is -2.03. The van der Waals surface area contributed by atoms with Crippen molar-refractivity contribution in [3.05, 3.63) is 59.4 Å². The highest BCUT2D eigenvalue weighted by molar-refractivity contribution is 5.90. The van der Waals surface area contributed by atoms with Gasteiger partial charge in [-0.15, -0.1) is 5.10 Å². The van der Waals surface area contributed by atoms with Crippen LogP contribution in [0.2, 0.25) is 0 Å². The average molecular weight is 299 g/mol. The largest absolute Gasteiger partial charge is 0.349 e. The molecular weight excluding hydrogens is 285 g/mol. The lowest BCUT2D eigenvalue weighted by Crippen LogP contribution is -2.26. The fourth-order valence-corrected chi connectivity index (χ4v) is 2.09. The lowest BCUT2D eigenvalue weighted by atomic mass is 10.1. The summed E-state index contributed by atoms with van der Waals surface area (Å²) in [5.74, 6) is -0.204. The zero-order valence-electron chi connectivity index (χ0n) is 12.0. The van der Waals surface area contributed by atoms with Gasteiger partial charge in [-0.05, 0) is 37.1 Å². The molecular formula is C15H14FN5O. The quantitative estimate of drug-likeness (QED) is 0.793. The zero-order chi connectivity index (χ0) is 15.5. The number of rotatable bonds is 4. The molecule has 6 nitrogen and oxygen atoms in total. The summed E-state index contributed by atoms with van der Waals surface area (Å²) in [6.45, 7) is 2.24. The van der Waals surface area contributed by atoms with E-state index in [0.717, 1.165) is 11.3 Å². The highest BCUT2D eigenvalue weighted by Crippen LogP contribution is 2.04. The molecule has 0 aliphatic carbocycles. The molecule has 2 heterocycles. The number of amides is 1. The van der Waals surface area contributed by atoms with Crippen molar-refractivity contribution in [1.82, 2.24) is 24.9 Å². The molecule has 0 saturated carbocycles. The Bertz CT molecular complexity index is 830. The standard InChI is InChI=1S/C15H14FN5O/c1-10-5-7-18-15-19-13(20-21(10)15)14(22)17-8-6-11-3-2-4-12(16)9-11/h2-5,7,9H,6,8H2,1H3,(H,17,22). The van der Waals surface area contributed by atoms with Crippen LogP contribution in [0.3, 0.4) is 0 Å². The molecule has 0 aliphatic rings. The lowest BCUT2D eigenvalue weighted by molar-refractivity contribution is 0.0944. The average Bonchev–Trinajstić information content (AvgIpc) is 2.93. The molecule has 3 aromatic rings. The van der Waals surface area contributed by atoms with Gasteiger partial charge in [0.15, 0.2) is 0 Å². The maximum Gasteiger partial charge on any atom is 0.291 e. The number of carbonyl (C=O) groups is 1. The zero-order valence-corrected chi connectivity index (χ0v) is 12.0. The highest BCUT2D eigenvalue weighted by atomic mass is 19.1. The van der Waals surface area contributed by atoms with Crippen molar-refractivity contribution in [1.29, 1.82) is 0 Å². The molecule has 0 spiro atoms. The monoisotopic (exact) mass is 299 g/mol. The number of aromatic nitrogens is 4. The van der Waals surface area contributed by atoms with Gasteiger partial charge in [0.2, 0.25) is 5.82 Å². The molecule has 0 bridgehead atoms. The van der Waals surface area contributed by atoms with Crippen molar-refractivity contribution < 1.29 is 9.18 Å². The van der Waals surface area contributed by atoms with Crippen molar-refractivity contribution >= 4 is 11.7 Å². The molecule has 3 rings (SSSR count). The Kier molecular flexibility index (Phi) is 3.78. The number of carbonyl (C=O) groups excluding carboxylic acids is 1. The number of fused-ring (bicyclic) bond motifs is 1. The van der Waals surface area contributed by atoms with Crippen LogP contribution in [-0.4, -0.2) is 32.0 Å². The van der Waals surface area contributed by atoms with Crippen LogP contribution in [0.25, 0.3) is 5.78 Å². The first kappa shape index (κ1) is 14.1. The second kappa shape index (κ2) is 5.88. The summed E-state index contributed by atoms with van der Waals surface area (Å²) in [5.41, 5.74) is 1.66. The number of hydrogen-bond donors (Lipinski definition) is 1. The summed E-state index contributed by atoms with van der Waals surface area (Å²) in [4.78, 5) is 20.2. The van der Waals surface area contributed by atoms with E-state index in [0.29, 0.717) is 18.7 Å². The topological polar surface area (TPSA) is 72.2 Å². The molecule has 0 aliphatic heterocycles. The normalized spacial score (nSPS) is 10.8. The Morgan fingerprint density at radius 2 is 2.23 bits per heavy atom. The van der Waals surface area contributed by atoms with Gasteiger partial charge >= 0.3 is 0 Å². The molecule has 1 aromatic carbocycles. The number of nitrogens with one attached hydrogen (secondary N) is 1. The van der Waals surface area contributed by atoms with Gasteiger partial charge in [-0.3, -0.25) is 4.79 Å². The van der Waals surface area contributed by atoms with Crippen LogP contribution >= 0.6 is 0 Å². The minimum Gasteiger partial charge on any atom is -0.349 e. The molecule has 0 atom stereocenters. The van der Waals surface area contributed by atoms with Gasteiger partial charge < -0.3 is 5.32 Å². The first-order valence-electron chi connectivity index (χ1n) is 6.84. The maximum absolute atomic E-state index is 13.1. The second-order valence-corrected chi connectivity index (χ2v) is 4.87. The predicted octanol–water partition coefficient (Wildman–Crippen LogP) is 1.54. The third-order valence-electron chi connectivity index (χ3n) is 3.22. The number of hydrogen-bond acceptors (Lipinski definition) is 4. The molecule has 1 amide bonds. The summed E-state index contributed by atoms with van der Waals surface area (Å²) in [7, 11) is 0. The van der Waals surface area contributed by atoms with Crippen LogP contribution in [-0.2, 0) is 6.42 Å². The van der Waals surface area contributed by atoms with Crippen LogP contribution in [0.4, 0.5) is 4.39 Å². The van der Waals surface area contributed by atoms with Crippen molar-refractivity contribution in [3.8, 4) is 0 Å². The third kappa shape index (κ3) is 2.93. The van der Waals surface area contributed by atoms with E-state index < -0.39 is 0 Å². The van der Waals surface area contributed by atoms with Crippen LogP contribution in [0.5, 0.6) is 0 Å². The van der Waals surface area contributed by atoms with Crippen molar-refractivity contribution in [2.75, 3.05) is 6.54 Å². The van der Waals surface area contributed by atoms with Gasteiger partial charge in [-0.2, -0.15) is 4.98 Å². The molecule has 0 saturated heterocycles. The smallest absolute Gasteiger partial charge is 0.291 e. The molecule has 22 heavy (non-hydrogen) atoms. The number of nitrogens with zero attached hydrogens (tertiary/aromatic N) is 4. The first-order valence-corrected chi connectivity index (χ1v) is 6.84. The van der Waals surface area contributed by atoms with Gasteiger partial charge in [0.25, 0.3) is 11.7 Å². The van der Waals surface area contributed by atoms with Crippen LogP contribution in [0, 0.1) is 12.7 Å². The summed E-state index contributed by atoms with van der Waals surface area (Å²) in [6, 6.07) is 8.07. The molecule has 0 fully saturated rings. The van der Waals surface area contributed by atoms with Crippen molar-refractivity contribution in [2.45, 2.75) is 13.3 Å². The van der Waals surface area contributed by atoms with E-state index in [1.165, 1.54) is 16.6 Å². The van der Waals surface area contributed by atoms with E-state index in [1.807, 2.05) is 13.0 Å². The van der Waals surface area contributed by atoms with Crippen molar-refractivity contribution in [3.63, 3.8) is 0 Å². The van der Waals surface area contributed by atoms with E-state index in [1.54, 1.807) is 18.3 Å². The van der Waals surface area contributed by atoms with E-state index in [2.05, 4.69) is 20.4 Å². The molecule has 0 unspecified atom stereocenters. The SMILES string of the molecule is Cc1ccnc2nc(C(=O)NCCc3cccc(F)c3)nn12. The van der Waals surface area contributed by atoms with Gasteiger partial charge in [0.1, 0.15) is 5.82 Å². The Morgan fingerprint density at radius 1 is 1.36 bits per heavy atom. The van der Waals surface area contributed by atoms with Gasteiger partial charge in [-0.25, -0.2) is 13.9 Å². The van der Waals surface area contributed by atoms with Crippen LogP contribution < -0.4 is 5.32 Å². The molecule has 112 valence electrons. The third-order valence-corrected chi connectivity index (χ3v) is 3.22. The molecule has 0 radical (unpaired) electrons. The molecule has 2 aromatic heterocycles. The Morgan fingerprint density at radius 3 is 3.00 bits per heavy atom. The van der Waals surface area contributed by atoms with E-state index in [4.69, 9.17) is 0 Å². The number of benzene rings is 1. The van der Waals surface area contributed by atoms with E-state index in [9.17, 15) is 9.18 Å². The first-order chi connectivity index (χ1) is 10.6. The summed E-state index contributed by atoms with van der Waals surface area (Å²) < 4.78 is 14.6. The number of aryl methyl sites for hydroxylation is 1. The Hall–Kier alpha value is -2.83. The van der Waals surface area contributed by atoms with Crippen LogP contribution in [0.1, 0.15) is 21.9 Å². The highest BCUT2D eigenvalue weighted by Gasteiger charge is 2.13. The summed E-state index contributed by atoms with van der Waals surface area (Å²) in [6.07, 6.45) is 2.15. The minimum atomic E-state index is -0.374. The summed E-state index contributed by atoms with van der Waals surface area (Å²) in [5, 5.41) is 6.84. The van der Waals surface area contributed by atoms with Gasteiger partial charge in [-0.1, -0.05) is 12.1 Å². The second-order valence-electron chi connectivity index (χ2n) is 4.87. The predicted molar refractivity (Wildman–Crippen MR) is 78.0 cm³/mol. The number of halogens is 1. The van der Waals surface area contributed by atoms with Gasteiger partial charge in [0, 0.05) is 18.4 Å². The van der Waals surface area contributed by atoms with Crippen LogP contribution in [0.15, 0.2) is 36.5 Å². The minimum absolute atomic E-state index is 0.0704. The Balaban J connectivity index is 1.65. The molecule has 1 N–H and O–H groups in total. The van der Waals surface area contributed by atoms with Crippen molar-refractivity contribution in [2.24, 2.45) is 0 Å². The fraction of sp³-hybridized carbons (Fsp3) is 0.200. The Labute approximate surface area is 126 Å². The maximum atomic E-state index is 13.1. The molecule has 7 heteroatoms. The van der Waals surface area contributed by atoms with Gasteiger partial charge in [0.05, 0.1) is 0 Å². The van der Waals surface area contributed by atoms with E-state index >= 15 is 0 Å². The summed E-state index contributed by atoms with van der Waals surface area (Å²) >= 11 is 0. The van der Waals surface area contributed by atoms with E-state index in [-0.39, 0.29) is 17.5 Å². The fourth-order valence-electron chi connectivity index (χ4n) is 2.09.